The lowest BCUT2D eigenvalue weighted by atomic mass is 9.93. The molecule has 2 atom stereocenters. The second-order valence-corrected chi connectivity index (χ2v) is 4.12. The summed E-state index contributed by atoms with van der Waals surface area (Å²) in [5.41, 5.74) is 10.1. The van der Waals surface area contributed by atoms with E-state index < -0.39 is 6.10 Å². The van der Waals surface area contributed by atoms with Crippen LogP contribution in [-0.4, -0.2) is 11.1 Å². The van der Waals surface area contributed by atoms with Crippen LogP contribution < -0.4 is 5.73 Å². The van der Waals surface area contributed by atoms with Crippen molar-refractivity contribution in [3.8, 4) is 0 Å². The summed E-state index contributed by atoms with van der Waals surface area (Å²) in [5.74, 6) is 0. The van der Waals surface area contributed by atoms with Gasteiger partial charge in [-0.3, -0.25) is 0 Å². The van der Waals surface area contributed by atoms with E-state index in [1.54, 1.807) is 0 Å². The largest absolute Gasteiger partial charge is 0.387 e. The standard InChI is InChI=1S/C12H19NO/c1-7-5-8(2)11(9(3)6-7)12(14)10(4)13/h5-6,10,12,14H,13H2,1-4H3/t10-,12-/m1/s1. The lowest BCUT2D eigenvalue weighted by Crippen LogP contribution is -2.25. The third kappa shape index (κ3) is 2.14. The van der Waals surface area contributed by atoms with Gasteiger partial charge in [-0.05, 0) is 44.4 Å². The van der Waals surface area contributed by atoms with Crippen LogP contribution in [0, 0.1) is 20.8 Å². The molecule has 0 aliphatic rings. The molecule has 0 bridgehead atoms. The van der Waals surface area contributed by atoms with Gasteiger partial charge in [-0.25, -0.2) is 0 Å². The normalized spacial score (nSPS) is 15.3. The van der Waals surface area contributed by atoms with Crippen molar-refractivity contribution in [3.63, 3.8) is 0 Å². The molecule has 2 nitrogen and oxygen atoms in total. The van der Waals surface area contributed by atoms with Crippen molar-refractivity contribution in [2.45, 2.75) is 39.8 Å². The van der Waals surface area contributed by atoms with Crippen molar-refractivity contribution in [2.75, 3.05) is 0 Å². The predicted octanol–water partition coefficient (Wildman–Crippen LogP) is 1.99. The van der Waals surface area contributed by atoms with Crippen LogP contribution in [0.4, 0.5) is 0 Å². The van der Waals surface area contributed by atoms with E-state index in [1.165, 1.54) is 5.56 Å². The fourth-order valence-corrected chi connectivity index (χ4v) is 1.92. The van der Waals surface area contributed by atoms with Crippen LogP contribution in [0.2, 0.25) is 0 Å². The summed E-state index contributed by atoms with van der Waals surface area (Å²) in [4.78, 5) is 0. The summed E-state index contributed by atoms with van der Waals surface area (Å²) in [6, 6.07) is 3.93. The molecular weight excluding hydrogens is 174 g/mol. The first-order chi connectivity index (χ1) is 6.43. The Labute approximate surface area is 85.8 Å². The van der Waals surface area contributed by atoms with Crippen molar-refractivity contribution in [1.29, 1.82) is 0 Å². The molecule has 0 saturated carbocycles. The van der Waals surface area contributed by atoms with Crippen LogP contribution in [0.25, 0.3) is 0 Å². The number of hydrogen-bond donors (Lipinski definition) is 2. The van der Waals surface area contributed by atoms with Crippen molar-refractivity contribution >= 4 is 0 Å². The number of benzene rings is 1. The molecule has 0 heterocycles. The maximum atomic E-state index is 9.93. The number of nitrogens with two attached hydrogens (primary N) is 1. The van der Waals surface area contributed by atoms with Crippen molar-refractivity contribution < 1.29 is 5.11 Å². The molecule has 0 radical (unpaired) electrons. The Bertz CT molecular complexity index is 308. The molecule has 0 spiro atoms. The van der Waals surface area contributed by atoms with Gasteiger partial charge in [0, 0.05) is 6.04 Å². The molecule has 0 unspecified atom stereocenters. The molecular formula is C12H19NO. The minimum absolute atomic E-state index is 0.227. The van der Waals surface area contributed by atoms with E-state index in [-0.39, 0.29) is 6.04 Å². The molecule has 2 heteroatoms. The van der Waals surface area contributed by atoms with E-state index in [0.29, 0.717) is 0 Å². The lowest BCUT2D eigenvalue weighted by Gasteiger charge is -2.20. The van der Waals surface area contributed by atoms with Crippen molar-refractivity contribution in [3.05, 3.63) is 34.4 Å². The third-order valence-electron chi connectivity index (χ3n) is 2.53. The summed E-state index contributed by atoms with van der Waals surface area (Å²) < 4.78 is 0. The van der Waals surface area contributed by atoms with E-state index in [0.717, 1.165) is 16.7 Å². The van der Waals surface area contributed by atoms with Gasteiger partial charge in [0.25, 0.3) is 0 Å². The first kappa shape index (κ1) is 11.2. The summed E-state index contributed by atoms with van der Waals surface area (Å²) in [6.07, 6.45) is -0.560. The van der Waals surface area contributed by atoms with E-state index in [9.17, 15) is 5.11 Å². The fraction of sp³-hybridized carbons (Fsp3) is 0.500. The van der Waals surface area contributed by atoms with Crippen LogP contribution in [0.3, 0.4) is 0 Å². The topological polar surface area (TPSA) is 46.2 Å². The Morgan fingerprint density at radius 2 is 1.57 bits per heavy atom. The second-order valence-electron chi connectivity index (χ2n) is 4.12. The Hall–Kier alpha value is -0.860. The minimum Gasteiger partial charge on any atom is -0.387 e. The van der Waals surface area contributed by atoms with Crippen molar-refractivity contribution in [2.24, 2.45) is 5.73 Å². The average molecular weight is 193 g/mol. The van der Waals surface area contributed by atoms with Crippen LogP contribution in [0.15, 0.2) is 12.1 Å². The molecule has 78 valence electrons. The number of aliphatic hydroxyl groups excluding tert-OH is 1. The maximum absolute atomic E-state index is 9.93. The van der Waals surface area contributed by atoms with Gasteiger partial charge >= 0.3 is 0 Å². The molecule has 0 saturated heterocycles. The lowest BCUT2D eigenvalue weighted by molar-refractivity contribution is 0.152. The third-order valence-corrected chi connectivity index (χ3v) is 2.53. The number of hydrogen-bond acceptors (Lipinski definition) is 2. The molecule has 0 fully saturated rings. The quantitative estimate of drug-likeness (QED) is 0.754. The number of rotatable bonds is 2. The summed E-state index contributed by atoms with van der Waals surface area (Å²) in [6.45, 7) is 7.91. The van der Waals surface area contributed by atoms with E-state index in [2.05, 4.69) is 19.1 Å². The summed E-state index contributed by atoms with van der Waals surface area (Å²) in [7, 11) is 0. The summed E-state index contributed by atoms with van der Waals surface area (Å²) >= 11 is 0. The van der Waals surface area contributed by atoms with Gasteiger partial charge in [0.2, 0.25) is 0 Å². The molecule has 0 aromatic heterocycles. The SMILES string of the molecule is Cc1cc(C)c([C@H](O)[C@@H](C)N)c(C)c1. The average Bonchev–Trinajstić information content (AvgIpc) is 2.01. The zero-order chi connectivity index (χ0) is 10.9. The highest BCUT2D eigenvalue weighted by atomic mass is 16.3. The highest BCUT2D eigenvalue weighted by Crippen LogP contribution is 2.24. The Morgan fingerprint density at radius 1 is 1.14 bits per heavy atom. The Balaban J connectivity index is 3.20. The number of aliphatic hydroxyl groups is 1. The van der Waals surface area contributed by atoms with E-state index in [1.807, 2.05) is 20.8 Å². The van der Waals surface area contributed by atoms with Gasteiger partial charge in [-0.1, -0.05) is 17.7 Å². The zero-order valence-corrected chi connectivity index (χ0v) is 9.33. The molecule has 1 rings (SSSR count). The summed E-state index contributed by atoms with van der Waals surface area (Å²) in [5, 5.41) is 9.93. The van der Waals surface area contributed by atoms with Gasteiger partial charge in [0.15, 0.2) is 0 Å². The van der Waals surface area contributed by atoms with Gasteiger partial charge < -0.3 is 10.8 Å². The Morgan fingerprint density at radius 3 is 1.93 bits per heavy atom. The Kier molecular flexibility index (Phi) is 3.29. The molecule has 0 aliphatic carbocycles. The number of aryl methyl sites for hydroxylation is 3. The highest BCUT2D eigenvalue weighted by molar-refractivity contribution is 5.39. The second kappa shape index (κ2) is 4.11. The van der Waals surface area contributed by atoms with Crippen LogP contribution in [0.5, 0.6) is 0 Å². The molecule has 3 N–H and O–H groups in total. The maximum Gasteiger partial charge on any atom is 0.0943 e. The van der Waals surface area contributed by atoms with Crippen molar-refractivity contribution in [1.82, 2.24) is 0 Å². The van der Waals surface area contributed by atoms with Gasteiger partial charge in [-0.15, -0.1) is 0 Å². The van der Waals surface area contributed by atoms with Crippen LogP contribution >= 0.6 is 0 Å². The van der Waals surface area contributed by atoms with E-state index >= 15 is 0 Å². The zero-order valence-electron chi connectivity index (χ0n) is 9.33. The van der Waals surface area contributed by atoms with Crippen LogP contribution in [-0.2, 0) is 0 Å². The van der Waals surface area contributed by atoms with Gasteiger partial charge in [-0.2, -0.15) is 0 Å². The monoisotopic (exact) mass is 193 g/mol. The molecule has 0 aliphatic heterocycles. The fourth-order valence-electron chi connectivity index (χ4n) is 1.92. The predicted molar refractivity (Wildman–Crippen MR) is 59.3 cm³/mol. The van der Waals surface area contributed by atoms with Gasteiger partial charge in [0.1, 0.15) is 0 Å². The smallest absolute Gasteiger partial charge is 0.0943 e. The van der Waals surface area contributed by atoms with Gasteiger partial charge in [0.05, 0.1) is 6.10 Å². The molecule has 0 amide bonds. The first-order valence-corrected chi connectivity index (χ1v) is 4.95. The van der Waals surface area contributed by atoms with E-state index in [4.69, 9.17) is 5.73 Å². The molecule has 1 aromatic carbocycles. The van der Waals surface area contributed by atoms with Crippen LogP contribution in [0.1, 0.15) is 35.3 Å². The minimum atomic E-state index is -0.560. The molecule has 1 aromatic rings. The first-order valence-electron chi connectivity index (χ1n) is 4.95. The molecule has 14 heavy (non-hydrogen) atoms. The highest BCUT2D eigenvalue weighted by Gasteiger charge is 2.16.